The normalized spacial score (nSPS) is 48.2. The standard InChI is InChI=1S/C42H72O11/c1-23(26-15-16-42(8)30-12-10-27-28(11-13-31(45)38(27,2)3)40(30,6)17-18-41(26,42)7)9-14-32(39(4,5)49)53-33-20-24(44)19-25(51-33)22-50-37-36(48)35(47)34(46)29(21-43)52-37/h10,23-26,28-37,43-49H,9,11-22H2,1-8H3/t23-,24+,25+,26?,28?,29-,30?,31+,32-,33+,34-,35+,36-,37+,40+,41-,42+/m1/s1. The number of hydrogen-bond donors (Lipinski definition) is 7. The van der Waals surface area contributed by atoms with Crippen LogP contribution < -0.4 is 0 Å². The lowest BCUT2D eigenvalue weighted by Crippen LogP contribution is -2.59. The van der Waals surface area contributed by atoms with E-state index in [1.54, 1.807) is 13.8 Å². The van der Waals surface area contributed by atoms with Crippen molar-refractivity contribution in [3.05, 3.63) is 11.6 Å². The van der Waals surface area contributed by atoms with Gasteiger partial charge < -0.3 is 54.7 Å². The van der Waals surface area contributed by atoms with E-state index < -0.39 is 67.5 Å². The maximum atomic E-state index is 11.3. The molecule has 5 fully saturated rings. The fourth-order valence-electron chi connectivity index (χ4n) is 12.6. The molecular weight excluding hydrogens is 680 g/mol. The highest BCUT2D eigenvalue weighted by Gasteiger charge is 2.67. The lowest BCUT2D eigenvalue weighted by molar-refractivity contribution is -0.315. The van der Waals surface area contributed by atoms with Gasteiger partial charge in [0.2, 0.25) is 0 Å². The van der Waals surface area contributed by atoms with Gasteiger partial charge in [0.15, 0.2) is 12.6 Å². The van der Waals surface area contributed by atoms with Gasteiger partial charge in [0.05, 0.1) is 43.2 Å². The zero-order valence-electron chi connectivity index (χ0n) is 33.6. The Morgan fingerprint density at radius 1 is 0.868 bits per heavy atom. The number of hydrogen-bond acceptors (Lipinski definition) is 11. The fraction of sp³-hybridized carbons (Fsp3) is 0.952. The quantitative estimate of drug-likeness (QED) is 0.151. The van der Waals surface area contributed by atoms with Gasteiger partial charge in [0.1, 0.15) is 24.4 Å². The van der Waals surface area contributed by atoms with E-state index >= 15 is 0 Å². The number of ether oxygens (including phenoxy) is 4. The molecule has 0 aromatic carbocycles. The third-order valence-corrected chi connectivity index (χ3v) is 16.2. The monoisotopic (exact) mass is 753 g/mol. The molecule has 306 valence electrons. The molecule has 2 saturated heterocycles. The van der Waals surface area contributed by atoms with Crippen molar-refractivity contribution >= 4 is 0 Å². The van der Waals surface area contributed by atoms with Crippen LogP contribution in [0, 0.1) is 45.3 Å². The van der Waals surface area contributed by atoms with Crippen molar-refractivity contribution in [2.45, 2.75) is 193 Å². The Hall–Kier alpha value is -0.700. The summed E-state index contributed by atoms with van der Waals surface area (Å²) in [6.45, 7) is 17.5. The molecule has 4 aliphatic carbocycles. The Labute approximate surface area is 317 Å². The van der Waals surface area contributed by atoms with Crippen molar-refractivity contribution in [2.24, 2.45) is 45.3 Å². The van der Waals surface area contributed by atoms with E-state index in [9.17, 15) is 35.7 Å². The average Bonchev–Trinajstić information content (AvgIpc) is 3.36. The Balaban J connectivity index is 1.08. The van der Waals surface area contributed by atoms with Crippen molar-refractivity contribution < 1.29 is 54.7 Å². The molecule has 0 amide bonds. The number of aliphatic hydroxyl groups excluding tert-OH is 6. The largest absolute Gasteiger partial charge is 0.394 e. The predicted molar refractivity (Wildman–Crippen MR) is 198 cm³/mol. The summed E-state index contributed by atoms with van der Waals surface area (Å²) in [6, 6.07) is 0. The van der Waals surface area contributed by atoms with Gasteiger partial charge in [-0.25, -0.2) is 0 Å². The molecule has 2 heterocycles. The highest BCUT2D eigenvalue weighted by Crippen LogP contribution is 2.75. The van der Waals surface area contributed by atoms with Crippen LogP contribution in [-0.4, -0.2) is 116 Å². The first-order chi connectivity index (χ1) is 24.7. The molecule has 17 atom stereocenters. The van der Waals surface area contributed by atoms with E-state index in [4.69, 9.17) is 18.9 Å². The maximum Gasteiger partial charge on any atom is 0.186 e. The average molecular weight is 753 g/mol. The molecule has 0 bridgehead atoms. The molecule has 2 aliphatic heterocycles. The molecule has 3 unspecified atom stereocenters. The first-order valence-electron chi connectivity index (χ1n) is 20.7. The van der Waals surface area contributed by atoms with Crippen molar-refractivity contribution in [3.63, 3.8) is 0 Å². The molecule has 11 nitrogen and oxygen atoms in total. The van der Waals surface area contributed by atoms with Gasteiger partial charge in [-0.15, -0.1) is 0 Å². The van der Waals surface area contributed by atoms with Crippen molar-refractivity contribution in [1.82, 2.24) is 0 Å². The first-order valence-corrected chi connectivity index (χ1v) is 20.7. The molecule has 7 N–H and O–H groups in total. The van der Waals surface area contributed by atoms with Crippen LogP contribution in [-0.2, 0) is 18.9 Å². The Morgan fingerprint density at radius 2 is 1.58 bits per heavy atom. The molecule has 6 rings (SSSR count). The molecule has 0 spiro atoms. The van der Waals surface area contributed by atoms with E-state index in [0.717, 1.165) is 25.7 Å². The summed E-state index contributed by atoms with van der Waals surface area (Å²) in [5, 5.41) is 73.1. The summed E-state index contributed by atoms with van der Waals surface area (Å²) in [6.07, 6.45) is 2.64. The lowest BCUT2D eigenvalue weighted by Gasteiger charge is -2.66. The minimum Gasteiger partial charge on any atom is -0.394 e. The summed E-state index contributed by atoms with van der Waals surface area (Å²) < 4.78 is 23.8. The molecule has 11 heteroatoms. The second kappa shape index (κ2) is 15.2. The van der Waals surface area contributed by atoms with Gasteiger partial charge in [0, 0.05) is 18.3 Å². The molecule has 0 aromatic heterocycles. The summed E-state index contributed by atoms with van der Waals surface area (Å²) in [4.78, 5) is 0. The zero-order valence-corrected chi connectivity index (χ0v) is 33.6. The zero-order chi connectivity index (χ0) is 38.9. The van der Waals surface area contributed by atoms with Crippen LogP contribution in [0.4, 0.5) is 0 Å². The maximum absolute atomic E-state index is 11.3. The van der Waals surface area contributed by atoms with Crippen LogP contribution in [0.5, 0.6) is 0 Å². The third-order valence-electron chi connectivity index (χ3n) is 16.2. The number of allylic oxidation sites excluding steroid dienone is 1. The molecule has 53 heavy (non-hydrogen) atoms. The Kier molecular flexibility index (Phi) is 12.1. The number of aliphatic hydroxyl groups is 7. The molecular formula is C42H72O11. The van der Waals surface area contributed by atoms with E-state index in [-0.39, 0.29) is 47.2 Å². The van der Waals surface area contributed by atoms with Crippen LogP contribution in [0.1, 0.15) is 126 Å². The SMILES string of the molecule is C[C@H](CC[C@@H](O[C@H]1C[C@@H](O)C[C@@H](CO[C@H]2O[C@H](CO)[C@@H](O)[C@H](O)[C@H]2O)O1)C(C)(C)O)C1CC[C@@]2(C)C3CC=C4C(CC[C@H](O)C4(C)C)[C@]3(C)CC[C@]12C. The first kappa shape index (κ1) is 41.9. The van der Waals surface area contributed by atoms with Crippen LogP contribution in [0.2, 0.25) is 0 Å². The Morgan fingerprint density at radius 3 is 2.26 bits per heavy atom. The topological polar surface area (TPSA) is 179 Å². The van der Waals surface area contributed by atoms with E-state index in [1.165, 1.54) is 31.3 Å². The van der Waals surface area contributed by atoms with Gasteiger partial charge in [-0.1, -0.05) is 53.2 Å². The molecule has 3 saturated carbocycles. The third kappa shape index (κ3) is 7.46. The van der Waals surface area contributed by atoms with E-state index in [2.05, 4.69) is 47.6 Å². The summed E-state index contributed by atoms with van der Waals surface area (Å²) in [5.41, 5.74) is 0.879. The van der Waals surface area contributed by atoms with Crippen LogP contribution >= 0.6 is 0 Å². The lowest BCUT2D eigenvalue weighted by atomic mass is 9.39. The second-order valence-corrected chi connectivity index (χ2v) is 20.0. The Bertz CT molecular complexity index is 1300. The van der Waals surface area contributed by atoms with Crippen molar-refractivity contribution in [3.8, 4) is 0 Å². The van der Waals surface area contributed by atoms with Gasteiger partial charge in [-0.3, -0.25) is 0 Å². The van der Waals surface area contributed by atoms with Gasteiger partial charge >= 0.3 is 0 Å². The summed E-state index contributed by atoms with van der Waals surface area (Å²) in [5.74, 6) is 2.15. The smallest absolute Gasteiger partial charge is 0.186 e. The van der Waals surface area contributed by atoms with Crippen molar-refractivity contribution in [2.75, 3.05) is 13.2 Å². The van der Waals surface area contributed by atoms with Crippen LogP contribution in [0.25, 0.3) is 0 Å². The van der Waals surface area contributed by atoms with Gasteiger partial charge in [-0.2, -0.15) is 0 Å². The van der Waals surface area contributed by atoms with Gasteiger partial charge in [-0.05, 0) is 112 Å². The predicted octanol–water partition coefficient (Wildman–Crippen LogP) is 4.21. The summed E-state index contributed by atoms with van der Waals surface area (Å²) >= 11 is 0. The highest BCUT2D eigenvalue weighted by atomic mass is 16.7. The molecule has 0 radical (unpaired) electrons. The fourth-order valence-corrected chi connectivity index (χ4v) is 12.6. The highest BCUT2D eigenvalue weighted by molar-refractivity contribution is 5.30. The molecule has 0 aromatic rings. The minimum absolute atomic E-state index is 0.0829. The minimum atomic E-state index is -1.55. The number of rotatable bonds is 11. The second-order valence-electron chi connectivity index (χ2n) is 20.0. The van der Waals surface area contributed by atoms with Crippen LogP contribution in [0.15, 0.2) is 11.6 Å². The molecule has 6 aliphatic rings. The van der Waals surface area contributed by atoms with E-state index in [0.29, 0.717) is 30.1 Å². The van der Waals surface area contributed by atoms with E-state index in [1.807, 2.05) is 0 Å². The van der Waals surface area contributed by atoms with Gasteiger partial charge in [0.25, 0.3) is 0 Å². The van der Waals surface area contributed by atoms with Crippen LogP contribution in [0.3, 0.4) is 0 Å². The van der Waals surface area contributed by atoms with Crippen molar-refractivity contribution in [1.29, 1.82) is 0 Å². The number of fused-ring (bicyclic) bond motifs is 5. The summed E-state index contributed by atoms with van der Waals surface area (Å²) in [7, 11) is 0.